The Labute approximate surface area is 201 Å². The molecule has 0 saturated carbocycles. The largest absolute Gasteiger partial charge is 0.437 e. The Morgan fingerprint density at radius 1 is 0.516 bits per heavy atom. The third-order valence-corrected chi connectivity index (χ3v) is 29.1. The summed E-state index contributed by atoms with van der Waals surface area (Å²) in [5.74, 6) is 0. The molecule has 0 aliphatic carbocycles. The summed E-state index contributed by atoms with van der Waals surface area (Å²) in [7, 11) is -14.4. The molecule has 13 heteroatoms. The van der Waals surface area contributed by atoms with Crippen molar-refractivity contribution in [1.29, 1.82) is 0 Å². The van der Waals surface area contributed by atoms with Gasteiger partial charge in [0.25, 0.3) is 0 Å². The number of hydrogen-bond acceptors (Lipinski definition) is 6. The van der Waals surface area contributed by atoms with Crippen LogP contribution in [0.3, 0.4) is 0 Å². The molecule has 6 nitrogen and oxygen atoms in total. The van der Waals surface area contributed by atoms with Gasteiger partial charge < -0.3 is 24.7 Å². The average molecular weight is 560 g/mol. The van der Waals surface area contributed by atoms with Crippen LogP contribution in [0.1, 0.15) is 19.8 Å². The highest BCUT2D eigenvalue weighted by atomic mass is 28.5. The Morgan fingerprint density at radius 3 is 1.16 bits per heavy atom. The van der Waals surface area contributed by atoms with Gasteiger partial charge in [-0.05, 0) is 97.7 Å². The molecule has 0 aromatic carbocycles. The number of unbranched alkanes of at least 4 members (excludes halogenated alkanes) is 1. The van der Waals surface area contributed by atoms with Crippen LogP contribution >= 0.6 is 0 Å². The van der Waals surface area contributed by atoms with E-state index in [1.807, 2.05) is 0 Å². The van der Waals surface area contributed by atoms with E-state index in [2.05, 4.69) is 98.6 Å². The van der Waals surface area contributed by atoms with Gasteiger partial charge in [0.05, 0.1) is 0 Å². The van der Waals surface area contributed by atoms with Crippen molar-refractivity contribution in [2.24, 2.45) is 0 Å². The molecule has 0 heterocycles. The lowest BCUT2D eigenvalue weighted by Crippen LogP contribution is -2.60. The molecule has 0 saturated heterocycles. The summed E-state index contributed by atoms with van der Waals surface area (Å²) in [6.07, 6.45) is 2.42. The van der Waals surface area contributed by atoms with E-state index in [9.17, 15) is 0 Å². The first kappa shape index (κ1) is 32.3. The summed E-state index contributed by atoms with van der Waals surface area (Å²) < 4.78 is 39.1. The molecule has 0 N–H and O–H groups in total. The van der Waals surface area contributed by atoms with Crippen LogP contribution in [-0.4, -0.2) is 60.2 Å². The molecule has 0 aliphatic heterocycles. The van der Waals surface area contributed by atoms with Crippen LogP contribution in [0.2, 0.25) is 97.7 Å². The van der Waals surface area contributed by atoms with Crippen molar-refractivity contribution in [2.75, 3.05) is 0 Å². The van der Waals surface area contributed by atoms with Crippen molar-refractivity contribution in [3.05, 3.63) is 0 Å². The zero-order valence-electron chi connectivity index (χ0n) is 23.1. The molecular formula is C18H51O6Si7. The van der Waals surface area contributed by atoms with Crippen LogP contribution in [0.15, 0.2) is 0 Å². The molecule has 0 atom stereocenters. The van der Waals surface area contributed by atoms with Crippen LogP contribution in [0.25, 0.3) is 0 Å². The lowest BCUT2D eigenvalue weighted by molar-refractivity contribution is 0.272. The van der Waals surface area contributed by atoms with Crippen molar-refractivity contribution < 1.29 is 24.7 Å². The molecule has 0 fully saturated rings. The van der Waals surface area contributed by atoms with E-state index in [-0.39, 0.29) is 0 Å². The molecule has 0 rings (SSSR count). The van der Waals surface area contributed by atoms with Gasteiger partial charge in [0.2, 0.25) is 0 Å². The minimum Gasteiger partial charge on any atom is -0.437 e. The first-order valence-corrected chi connectivity index (χ1v) is 31.1. The summed E-state index contributed by atoms with van der Waals surface area (Å²) in [5, 5.41) is 0. The maximum Gasteiger partial charge on any atom is 0.314 e. The van der Waals surface area contributed by atoms with Crippen LogP contribution in [0.4, 0.5) is 0 Å². The fourth-order valence-corrected chi connectivity index (χ4v) is 36.8. The van der Waals surface area contributed by atoms with Gasteiger partial charge in [0, 0.05) is 0 Å². The summed E-state index contributed by atoms with van der Waals surface area (Å²) in [5.41, 5.74) is 0. The summed E-state index contributed by atoms with van der Waals surface area (Å²) in [4.78, 5) is 0. The first-order valence-electron chi connectivity index (χ1n) is 11.5. The molecule has 0 aliphatic rings. The van der Waals surface area contributed by atoms with Crippen molar-refractivity contribution in [3.63, 3.8) is 0 Å². The van der Waals surface area contributed by atoms with E-state index in [4.69, 9.17) is 24.7 Å². The Balaban J connectivity index is 5.13. The van der Waals surface area contributed by atoms with Gasteiger partial charge in [-0.25, -0.2) is 0 Å². The molecule has 187 valence electrons. The molecule has 1 radical (unpaired) electrons. The van der Waals surface area contributed by atoms with Gasteiger partial charge in [-0.1, -0.05) is 19.8 Å². The topological polar surface area (TPSA) is 55.4 Å². The van der Waals surface area contributed by atoms with E-state index >= 15 is 0 Å². The van der Waals surface area contributed by atoms with Crippen LogP contribution in [-0.2, 0) is 24.7 Å². The SMILES string of the molecule is CCCC[Si](C)(C)O[Si](C)(C)O[Si](C)(C)O[Si](C)(C)O[Si](C)(C)O[Si](C)(C)O[Si](C)C. The highest BCUT2D eigenvalue weighted by Crippen LogP contribution is 2.28. The van der Waals surface area contributed by atoms with Gasteiger partial charge in [-0.15, -0.1) is 0 Å². The first-order chi connectivity index (χ1) is 13.5. The molecule has 0 unspecified atom stereocenters. The highest BCUT2D eigenvalue weighted by molar-refractivity contribution is 6.91. The summed E-state index contributed by atoms with van der Waals surface area (Å²) in [6.45, 7) is 32.3. The molecule has 0 spiro atoms. The maximum atomic E-state index is 6.64. The fourth-order valence-electron chi connectivity index (χ4n) is 4.28. The quantitative estimate of drug-likeness (QED) is 0.204. The Bertz CT molecular complexity index is 554. The zero-order valence-corrected chi connectivity index (χ0v) is 30.1. The van der Waals surface area contributed by atoms with Gasteiger partial charge in [-0.2, -0.15) is 0 Å². The van der Waals surface area contributed by atoms with Gasteiger partial charge in [0.1, 0.15) is 0 Å². The van der Waals surface area contributed by atoms with Crippen molar-refractivity contribution in [1.82, 2.24) is 0 Å². The minimum absolute atomic E-state index is 0.811. The lowest BCUT2D eigenvalue weighted by Gasteiger charge is -2.43. The molecular weight excluding hydrogens is 509 g/mol. The second-order valence-corrected chi connectivity index (χ2v) is 36.1. The normalized spacial score (nSPS) is 15.1. The van der Waals surface area contributed by atoms with Gasteiger partial charge >= 0.3 is 42.8 Å². The zero-order chi connectivity index (χ0) is 24.9. The van der Waals surface area contributed by atoms with Gasteiger partial charge in [-0.3, -0.25) is 0 Å². The number of rotatable bonds is 15. The van der Waals surface area contributed by atoms with Crippen molar-refractivity contribution in [3.8, 4) is 0 Å². The fraction of sp³-hybridized carbons (Fsp3) is 1.00. The van der Waals surface area contributed by atoms with Crippen molar-refractivity contribution in [2.45, 2.75) is 117 Å². The maximum absolute atomic E-state index is 6.64. The summed E-state index contributed by atoms with van der Waals surface area (Å²) in [6, 6.07) is 1.17. The monoisotopic (exact) mass is 559 g/mol. The molecule has 0 aromatic heterocycles. The smallest absolute Gasteiger partial charge is 0.314 e. The van der Waals surface area contributed by atoms with Crippen LogP contribution in [0.5, 0.6) is 0 Å². The Kier molecular flexibility index (Phi) is 12.3. The predicted molar refractivity (Wildman–Crippen MR) is 149 cm³/mol. The van der Waals surface area contributed by atoms with E-state index in [0.29, 0.717) is 0 Å². The highest BCUT2D eigenvalue weighted by Gasteiger charge is 2.47. The molecule has 0 aromatic rings. The third kappa shape index (κ3) is 15.7. The molecule has 0 bridgehead atoms. The summed E-state index contributed by atoms with van der Waals surface area (Å²) >= 11 is 0. The van der Waals surface area contributed by atoms with Crippen LogP contribution in [0, 0.1) is 0 Å². The predicted octanol–water partition coefficient (Wildman–Crippen LogP) is 6.85. The minimum atomic E-state index is -2.47. The lowest BCUT2D eigenvalue weighted by atomic mass is 10.4. The third-order valence-electron chi connectivity index (χ3n) is 4.07. The second kappa shape index (κ2) is 11.8. The van der Waals surface area contributed by atoms with Crippen LogP contribution < -0.4 is 0 Å². The van der Waals surface area contributed by atoms with E-state index < -0.39 is 60.2 Å². The Hall–Kier alpha value is 1.28. The van der Waals surface area contributed by atoms with Crippen molar-refractivity contribution >= 4 is 60.2 Å². The van der Waals surface area contributed by atoms with E-state index in [0.717, 1.165) is 0 Å². The molecule has 31 heavy (non-hydrogen) atoms. The molecule has 0 amide bonds. The Morgan fingerprint density at radius 2 is 0.839 bits per heavy atom. The van der Waals surface area contributed by atoms with E-state index in [1.54, 1.807) is 0 Å². The second-order valence-electron chi connectivity index (χ2n) is 11.4. The van der Waals surface area contributed by atoms with E-state index in [1.165, 1.54) is 18.9 Å². The number of hydrogen-bond donors (Lipinski definition) is 0. The standard InChI is InChI=1S/C18H51O6Si7/c1-16-17-18-26(4,5)20-28(8,9)22-30(12,13)24-31(14,15)23-29(10,11)21-27(6,7)19-25(2)3/h16-18H2,1-15H3. The average Bonchev–Trinajstić information content (AvgIpc) is 2.35. The van der Waals surface area contributed by atoms with Gasteiger partial charge in [0.15, 0.2) is 17.4 Å².